The van der Waals surface area contributed by atoms with Crippen molar-refractivity contribution in [3.63, 3.8) is 0 Å². The fourth-order valence-corrected chi connectivity index (χ4v) is 0.140. The van der Waals surface area contributed by atoms with Gasteiger partial charge in [0.05, 0.1) is 0 Å². The van der Waals surface area contributed by atoms with Crippen LogP contribution in [0.15, 0.2) is 12.0 Å². The van der Waals surface area contributed by atoms with Gasteiger partial charge in [-0.3, -0.25) is 4.79 Å². The molecule has 0 aromatic heterocycles. The van der Waals surface area contributed by atoms with E-state index in [4.69, 9.17) is 0 Å². The number of carbonyl (C=O) groups is 1. The third kappa shape index (κ3) is 4.81. The molecule has 0 rings (SSSR count). The lowest BCUT2D eigenvalue weighted by Gasteiger charge is -1.98. The first-order chi connectivity index (χ1) is 3.13. The summed E-state index contributed by atoms with van der Waals surface area (Å²) < 4.78 is 0. The van der Waals surface area contributed by atoms with Gasteiger partial charge in [0.15, 0.2) is 0 Å². The lowest BCUT2D eigenvalue weighted by Crippen LogP contribution is -2.18. The molecule has 1 amide bonds. The van der Waals surface area contributed by atoms with Gasteiger partial charge in [-0.25, -0.2) is 0 Å². The molecule has 0 saturated carbocycles. The van der Waals surface area contributed by atoms with E-state index in [-0.39, 0.29) is 0 Å². The fraction of sp³-hybridized carbons (Fsp3) is 0. The van der Waals surface area contributed by atoms with Crippen LogP contribution in [0, 0.1) is 0 Å². The summed E-state index contributed by atoms with van der Waals surface area (Å²) in [7, 11) is 0. The Labute approximate surface area is 40.4 Å². The number of hydrogen-bond acceptors (Lipinski definition) is 3. The zero-order chi connectivity index (χ0) is 5.86. The van der Waals surface area contributed by atoms with Crippen molar-refractivity contribution < 1.29 is 9.90 Å². The molecule has 0 spiro atoms. The molecule has 0 heterocycles. The highest BCUT2D eigenvalue weighted by Crippen LogP contribution is 1.63. The maximum atomic E-state index is 9.68. The third-order valence-corrected chi connectivity index (χ3v) is 0.285. The Hall–Kier alpha value is -1.19. The van der Waals surface area contributed by atoms with Crippen LogP contribution in [-0.2, 0) is 4.79 Å². The SMILES string of the molecule is NC(=O)/C=C(\N)[O-]. The van der Waals surface area contributed by atoms with Crippen molar-refractivity contribution >= 4 is 5.91 Å². The molecule has 0 aliphatic carbocycles. The molecule has 0 aliphatic heterocycles. The summed E-state index contributed by atoms with van der Waals surface area (Å²) in [6.07, 6.45) is 0.611. The van der Waals surface area contributed by atoms with Crippen molar-refractivity contribution in [1.82, 2.24) is 0 Å². The number of rotatable bonds is 1. The van der Waals surface area contributed by atoms with E-state index < -0.39 is 11.8 Å². The van der Waals surface area contributed by atoms with Crippen molar-refractivity contribution in [3.8, 4) is 0 Å². The maximum absolute atomic E-state index is 9.68. The van der Waals surface area contributed by atoms with Crippen LogP contribution in [0.1, 0.15) is 0 Å². The number of carbonyl (C=O) groups excluding carboxylic acids is 1. The van der Waals surface area contributed by atoms with Crippen LogP contribution < -0.4 is 16.6 Å². The topological polar surface area (TPSA) is 92.2 Å². The highest BCUT2D eigenvalue weighted by Gasteiger charge is 1.77. The lowest BCUT2D eigenvalue weighted by atomic mass is 10.6. The van der Waals surface area contributed by atoms with Gasteiger partial charge in [0, 0.05) is 6.08 Å². The van der Waals surface area contributed by atoms with Gasteiger partial charge in [-0.1, -0.05) is 0 Å². The van der Waals surface area contributed by atoms with E-state index >= 15 is 0 Å². The third-order valence-electron chi connectivity index (χ3n) is 0.285. The van der Waals surface area contributed by atoms with Crippen LogP contribution in [0.2, 0.25) is 0 Å². The molecule has 7 heavy (non-hydrogen) atoms. The molecule has 0 bridgehead atoms. The Morgan fingerprint density at radius 2 is 2.00 bits per heavy atom. The second-order valence-corrected chi connectivity index (χ2v) is 0.949. The molecule has 0 radical (unpaired) electrons. The summed E-state index contributed by atoms with van der Waals surface area (Å²) in [5, 5.41) is 9.68. The van der Waals surface area contributed by atoms with E-state index in [0.717, 1.165) is 0 Å². The van der Waals surface area contributed by atoms with Crippen LogP contribution in [0.4, 0.5) is 0 Å². The van der Waals surface area contributed by atoms with E-state index in [1.165, 1.54) is 0 Å². The monoisotopic (exact) mass is 101 g/mol. The minimum atomic E-state index is -0.812. The molecular weight excluding hydrogens is 96.0 g/mol. The first-order valence-corrected chi connectivity index (χ1v) is 1.56. The summed E-state index contributed by atoms with van der Waals surface area (Å²) in [6.45, 7) is 0. The summed E-state index contributed by atoms with van der Waals surface area (Å²) in [6, 6.07) is 0. The van der Waals surface area contributed by atoms with Gasteiger partial charge in [-0.15, -0.1) is 0 Å². The Balaban J connectivity index is 3.68. The van der Waals surface area contributed by atoms with Crippen LogP contribution >= 0.6 is 0 Å². The first kappa shape index (κ1) is 5.81. The second kappa shape index (κ2) is 2.07. The van der Waals surface area contributed by atoms with Gasteiger partial charge in [0.2, 0.25) is 5.91 Å². The molecule has 0 aromatic carbocycles. The Bertz CT molecular complexity index is 104. The molecule has 4 N–H and O–H groups in total. The van der Waals surface area contributed by atoms with E-state index in [9.17, 15) is 9.90 Å². The van der Waals surface area contributed by atoms with Crippen molar-refractivity contribution in [2.45, 2.75) is 0 Å². The number of amides is 1. The van der Waals surface area contributed by atoms with Crippen LogP contribution in [0.25, 0.3) is 0 Å². The molecule has 0 unspecified atom stereocenters. The number of primary amides is 1. The smallest absolute Gasteiger partial charge is 0.242 e. The predicted molar refractivity (Wildman–Crippen MR) is 21.5 cm³/mol. The van der Waals surface area contributed by atoms with Crippen molar-refractivity contribution in [3.05, 3.63) is 12.0 Å². The molecule has 0 aliphatic rings. The van der Waals surface area contributed by atoms with Gasteiger partial charge >= 0.3 is 0 Å². The molecule has 4 nitrogen and oxygen atoms in total. The molecule has 0 aromatic rings. The maximum Gasteiger partial charge on any atom is 0.242 e. The predicted octanol–water partition coefficient (Wildman–Crippen LogP) is -2.37. The molecule has 0 fully saturated rings. The number of nitrogens with two attached hydrogens (primary N) is 2. The van der Waals surface area contributed by atoms with Gasteiger partial charge in [0.1, 0.15) is 0 Å². The largest absolute Gasteiger partial charge is 0.860 e. The first-order valence-electron chi connectivity index (χ1n) is 1.56. The lowest BCUT2D eigenvalue weighted by molar-refractivity contribution is -0.304. The van der Waals surface area contributed by atoms with Crippen molar-refractivity contribution in [2.24, 2.45) is 11.5 Å². The van der Waals surface area contributed by atoms with Crippen LogP contribution in [-0.4, -0.2) is 5.91 Å². The van der Waals surface area contributed by atoms with Crippen LogP contribution in [0.3, 0.4) is 0 Å². The standard InChI is InChI=1S/C3H6N2O2/c4-2(6)1-3(5)7/h1,6H,4H2,(H2,5,7)/p-1/b2-1+. The van der Waals surface area contributed by atoms with Gasteiger partial charge in [-0.2, -0.15) is 0 Å². The molecule has 4 heteroatoms. The van der Waals surface area contributed by atoms with Crippen LogP contribution in [0.5, 0.6) is 0 Å². The van der Waals surface area contributed by atoms with E-state index in [2.05, 4.69) is 11.5 Å². The highest BCUT2D eigenvalue weighted by atomic mass is 16.3. The fourth-order valence-electron chi connectivity index (χ4n) is 0.140. The zero-order valence-corrected chi connectivity index (χ0v) is 3.55. The molecule has 0 atom stereocenters. The zero-order valence-electron chi connectivity index (χ0n) is 3.55. The Morgan fingerprint density at radius 1 is 1.57 bits per heavy atom. The number of hydrogen-bond donors (Lipinski definition) is 2. The normalized spacial score (nSPS) is 11.1. The van der Waals surface area contributed by atoms with E-state index in [0.29, 0.717) is 6.08 Å². The molecular formula is C3H5N2O2-. The summed E-state index contributed by atoms with van der Waals surface area (Å²) in [5.74, 6) is -1.62. The van der Waals surface area contributed by atoms with Gasteiger partial charge < -0.3 is 16.6 Å². The van der Waals surface area contributed by atoms with Gasteiger partial charge in [0.25, 0.3) is 0 Å². The average Bonchev–Trinajstić information content (AvgIpc) is 1.27. The summed E-state index contributed by atoms with van der Waals surface area (Å²) in [4.78, 5) is 9.68. The van der Waals surface area contributed by atoms with Crippen molar-refractivity contribution in [1.29, 1.82) is 0 Å². The Morgan fingerprint density at radius 3 is 2.00 bits per heavy atom. The molecule has 0 saturated heterocycles. The van der Waals surface area contributed by atoms with Gasteiger partial charge in [-0.05, 0) is 5.88 Å². The highest BCUT2D eigenvalue weighted by molar-refractivity contribution is 5.85. The minimum Gasteiger partial charge on any atom is -0.860 e. The van der Waals surface area contributed by atoms with E-state index in [1.807, 2.05) is 0 Å². The summed E-state index contributed by atoms with van der Waals surface area (Å²) >= 11 is 0. The average molecular weight is 101 g/mol. The van der Waals surface area contributed by atoms with Crippen molar-refractivity contribution in [2.75, 3.05) is 0 Å². The minimum absolute atomic E-state index is 0.611. The quantitative estimate of drug-likeness (QED) is 0.285. The second-order valence-electron chi connectivity index (χ2n) is 0.949. The molecule has 40 valence electrons. The van der Waals surface area contributed by atoms with E-state index in [1.54, 1.807) is 0 Å². The Kier molecular flexibility index (Phi) is 1.72. The summed E-state index contributed by atoms with van der Waals surface area (Å²) in [5.41, 5.74) is 9.00.